The molecule has 1 atom stereocenters. The summed E-state index contributed by atoms with van der Waals surface area (Å²) in [7, 11) is 0. The van der Waals surface area contributed by atoms with Crippen LogP contribution in [0.25, 0.3) is 22.3 Å². The summed E-state index contributed by atoms with van der Waals surface area (Å²) in [6, 6.07) is 24.3. The minimum absolute atomic E-state index is 0.000674. The molecule has 1 aromatic heterocycles. The zero-order valence-corrected chi connectivity index (χ0v) is 20.5. The number of hydrogen-bond donors (Lipinski definition) is 0. The normalized spacial score (nSPS) is 16.2. The molecule has 176 valence electrons. The van der Waals surface area contributed by atoms with Crippen molar-refractivity contribution in [1.82, 2.24) is 0 Å². The molecule has 0 bridgehead atoms. The molecule has 0 saturated carbocycles. The number of rotatable bonds is 5. The van der Waals surface area contributed by atoms with Crippen molar-refractivity contribution in [2.75, 3.05) is 0 Å². The molecular formula is C32H30O3. The molecule has 0 spiro atoms. The van der Waals surface area contributed by atoms with Crippen LogP contribution in [-0.2, 0) is 0 Å². The maximum atomic E-state index is 14.0. The van der Waals surface area contributed by atoms with E-state index in [-0.39, 0.29) is 17.0 Å². The first-order chi connectivity index (χ1) is 16.8. The van der Waals surface area contributed by atoms with E-state index in [0.717, 1.165) is 30.4 Å². The van der Waals surface area contributed by atoms with Gasteiger partial charge in [0, 0.05) is 22.1 Å². The summed E-state index contributed by atoms with van der Waals surface area (Å²) < 4.78 is 6.25. The highest BCUT2D eigenvalue weighted by Gasteiger charge is 2.31. The van der Waals surface area contributed by atoms with Gasteiger partial charge in [0.25, 0.3) is 0 Å². The van der Waals surface area contributed by atoms with Crippen molar-refractivity contribution in [2.24, 2.45) is 11.3 Å². The average molecular weight is 463 g/mol. The molecule has 4 aromatic rings. The summed E-state index contributed by atoms with van der Waals surface area (Å²) in [5.41, 5.74) is 4.24. The number of allylic oxidation sites excluding steroid dienone is 2. The van der Waals surface area contributed by atoms with Gasteiger partial charge in [-0.2, -0.15) is 0 Å². The number of benzene rings is 3. The van der Waals surface area contributed by atoms with Crippen molar-refractivity contribution in [3.05, 3.63) is 107 Å². The van der Waals surface area contributed by atoms with E-state index in [0.29, 0.717) is 39.3 Å². The van der Waals surface area contributed by atoms with Crippen LogP contribution in [0.3, 0.4) is 0 Å². The maximum Gasteiger partial charge on any atom is 0.193 e. The Morgan fingerprint density at radius 3 is 2.14 bits per heavy atom. The highest BCUT2D eigenvalue weighted by molar-refractivity contribution is 6.20. The molecule has 35 heavy (non-hydrogen) atoms. The number of furan rings is 1. The van der Waals surface area contributed by atoms with Crippen molar-refractivity contribution in [2.45, 2.75) is 40.0 Å². The Balaban J connectivity index is 1.62. The van der Waals surface area contributed by atoms with Crippen LogP contribution in [0.2, 0.25) is 0 Å². The molecule has 3 heteroatoms. The Hall–Kier alpha value is -3.72. The van der Waals surface area contributed by atoms with Crippen molar-refractivity contribution < 1.29 is 14.0 Å². The van der Waals surface area contributed by atoms with E-state index in [1.165, 1.54) is 0 Å². The van der Waals surface area contributed by atoms with Gasteiger partial charge < -0.3 is 4.42 Å². The standard InChI is InChI=1S/C32H30O3/c1-32(2,3)25-17-14-22(15-18-25)30(34)28-26-20-24(29(33)21-10-6-4-7-11-21)16-19-27(26)35-31(28)23-12-8-5-9-13-23/h4-14,16,19-20,25H,15,17-18H2,1-3H3. The van der Waals surface area contributed by atoms with Gasteiger partial charge in [-0.05, 0) is 54.4 Å². The Morgan fingerprint density at radius 2 is 1.51 bits per heavy atom. The first-order valence-electron chi connectivity index (χ1n) is 12.3. The van der Waals surface area contributed by atoms with Gasteiger partial charge in [-0.1, -0.05) is 87.5 Å². The lowest BCUT2D eigenvalue weighted by Crippen LogP contribution is -2.23. The molecule has 0 radical (unpaired) electrons. The third-order valence-electron chi connectivity index (χ3n) is 7.18. The fourth-order valence-electron chi connectivity index (χ4n) is 5.00. The summed E-state index contributed by atoms with van der Waals surface area (Å²) in [5, 5.41) is 0.689. The fraction of sp³-hybridized carbons (Fsp3) is 0.250. The van der Waals surface area contributed by atoms with Gasteiger partial charge in [0.05, 0.1) is 5.56 Å². The average Bonchev–Trinajstić information content (AvgIpc) is 3.27. The number of ketones is 2. The number of hydrogen-bond acceptors (Lipinski definition) is 3. The van der Waals surface area contributed by atoms with Gasteiger partial charge in [-0.3, -0.25) is 9.59 Å². The van der Waals surface area contributed by atoms with Crippen molar-refractivity contribution >= 4 is 22.5 Å². The molecule has 3 nitrogen and oxygen atoms in total. The highest BCUT2D eigenvalue weighted by atomic mass is 16.3. The zero-order valence-electron chi connectivity index (χ0n) is 20.5. The Kier molecular flexibility index (Phi) is 6.02. The van der Waals surface area contributed by atoms with Crippen molar-refractivity contribution in [1.29, 1.82) is 0 Å². The van der Waals surface area contributed by atoms with E-state index in [4.69, 9.17) is 4.42 Å². The maximum absolute atomic E-state index is 14.0. The summed E-state index contributed by atoms with van der Waals surface area (Å²) in [6.45, 7) is 6.79. The van der Waals surface area contributed by atoms with E-state index in [1.807, 2.05) is 66.7 Å². The van der Waals surface area contributed by atoms with Crippen LogP contribution in [0, 0.1) is 11.3 Å². The monoisotopic (exact) mass is 462 g/mol. The third-order valence-corrected chi connectivity index (χ3v) is 7.18. The molecular weight excluding hydrogens is 432 g/mol. The quantitative estimate of drug-likeness (QED) is 0.280. The Labute approximate surface area is 206 Å². The van der Waals surface area contributed by atoms with Crippen molar-refractivity contribution in [3.8, 4) is 11.3 Å². The minimum Gasteiger partial charge on any atom is -0.455 e. The van der Waals surface area contributed by atoms with E-state index in [2.05, 4.69) is 26.8 Å². The molecule has 3 aromatic carbocycles. The molecule has 5 rings (SSSR count). The second kappa shape index (κ2) is 9.14. The van der Waals surface area contributed by atoms with Gasteiger partial charge in [0.15, 0.2) is 11.6 Å². The molecule has 1 aliphatic carbocycles. The number of Topliss-reactive ketones (excluding diaryl/α,β-unsaturated/α-hetero) is 1. The van der Waals surface area contributed by atoms with E-state index in [1.54, 1.807) is 12.1 Å². The molecule has 0 fully saturated rings. The lowest BCUT2D eigenvalue weighted by Gasteiger charge is -2.33. The SMILES string of the molecule is CC(C)(C)C1CC=C(C(=O)c2c(-c3ccccc3)oc3ccc(C(=O)c4ccccc4)cc23)CC1. The third kappa shape index (κ3) is 4.51. The predicted octanol–water partition coefficient (Wildman–Crippen LogP) is 8.29. The molecule has 0 aliphatic heterocycles. The largest absolute Gasteiger partial charge is 0.455 e. The summed E-state index contributed by atoms with van der Waals surface area (Å²) in [5.74, 6) is 1.05. The van der Waals surface area contributed by atoms with Crippen LogP contribution < -0.4 is 0 Å². The second-order valence-corrected chi connectivity index (χ2v) is 10.5. The highest BCUT2D eigenvalue weighted by Crippen LogP contribution is 2.41. The number of carbonyl (C=O) groups excluding carboxylic acids is 2. The number of fused-ring (bicyclic) bond motifs is 1. The lowest BCUT2D eigenvalue weighted by atomic mass is 9.72. The minimum atomic E-state index is -0.0711. The second-order valence-electron chi connectivity index (χ2n) is 10.5. The van der Waals surface area contributed by atoms with E-state index < -0.39 is 0 Å². The summed E-state index contributed by atoms with van der Waals surface area (Å²) in [6.07, 6.45) is 4.77. The van der Waals surface area contributed by atoms with Gasteiger partial charge >= 0.3 is 0 Å². The molecule has 0 amide bonds. The van der Waals surface area contributed by atoms with Crippen LogP contribution >= 0.6 is 0 Å². The zero-order chi connectivity index (χ0) is 24.6. The van der Waals surface area contributed by atoms with Crippen LogP contribution in [-0.4, -0.2) is 11.6 Å². The molecule has 1 aliphatic rings. The Bertz CT molecular complexity index is 1420. The fourth-order valence-corrected chi connectivity index (χ4v) is 5.00. The molecule has 0 saturated heterocycles. The van der Waals surface area contributed by atoms with Gasteiger partial charge in [0.1, 0.15) is 11.3 Å². The smallest absolute Gasteiger partial charge is 0.193 e. The molecule has 1 heterocycles. The summed E-state index contributed by atoms with van der Waals surface area (Å²) >= 11 is 0. The predicted molar refractivity (Wildman–Crippen MR) is 141 cm³/mol. The van der Waals surface area contributed by atoms with Crippen molar-refractivity contribution in [3.63, 3.8) is 0 Å². The van der Waals surface area contributed by atoms with Crippen LogP contribution in [0.15, 0.2) is 94.9 Å². The van der Waals surface area contributed by atoms with E-state index >= 15 is 0 Å². The van der Waals surface area contributed by atoms with Gasteiger partial charge in [-0.15, -0.1) is 0 Å². The lowest BCUT2D eigenvalue weighted by molar-refractivity contribution is 0.101. The summed E-state index contributed by atoms with van der Waals surface area (Å²) in [4.78, 5) is 27.1. The van der Waals surface area contributed by atoms with E-state index in [9.17, 15) is 9.59 Å². The number of carbonyl (C=O) groups is 2. The van der Waals surface area contributed by atoms with Crippen LogP contribution in [0.5, 0.6) is 0 Å². The first kappa shape index (κ1) is 23.0. The Morgan fingerprint density at radius 1 is 0.829 bits per heavy atom. The topological polar surface area (TPSA) is 47.3 Å². The van der Waals surface area contributed by atoms with Crippen LogP contribution in [0.1, 0.15) is 66.3 Å². The van der Waals surface area contributed by atoms with Gasteiger partial charge in [-0.25, -0.2) is 0 Å². The first-order valence-corrected chi connectivity index (χ1v) is 12.3. The molecule has 1 unspecified atom stereocenters. The molecule has 0 N–H and O–H groups in total. The van der Waals surface area contributed by atoms with Crippen LogP contribution in [0.4, 0.5) is 0 Å². The van der Waals surface area contributed by atoms with Gasteiger partial charge in [0.2, 0.25) is 0 Å².